The van der Waals surface area contributed by atoms with E-state index in [0.717, 1.165) is 22.5 Å². The molecule has 1 heterocycles. The zero-order valence-electron chi connectivity index (χ0n) is 11.1. The van der Waals surface area contributed by atoms with E-state index >= 15 is 0 Å². The van der Waals surface area contributed by atoms with Crippen LogP contribution in [0.3, 0.4) is 0 Å². The molecule has 1 aromatic carbocycles. The maximum Gasteiger partial charge on any atom is 0.141 e. The predicted molar refractivity (Wildman–Crippen MR) is 72.8 cm³/mol. The van der Waals surface area contributed by atoms with Gasteiger partial charge in [-0.3, -0.25) is 4.68 Å². The van der Waals surface area contributed by atoms with Crippen LogP contribution in [0.2, 0.25) is 5.02 Å². The SMILES string of the molecule is Cc1nn(C)c(C)c1C(O)Cc1ccc(F)c(Cl)c1. The smallest absolute Gasteiger partial charge is 0.141 e. The summed E-state index contributed by atoms with van der Waals surface area (Å²) in [4.78, 5) is 0. The lowest BCUT2D eigenvalue weighted by molar-refractivity contribution is 0.177. The van der Waals surface area contributed by atoms with E-state index in [2.05, 4.69) is 5.10 Å². The van der Waals surface area contributed by atoms with Crippen LogP contribution >= 0.6 is 11.6 Å². The van der Waals surface area contributed by atoms with Crippen LogP contribution in [0.15, 0.2) is 18.2 Å². The Kier molecular flexibility index (Phi) is 3.92. The second-order valence-corrected chi connectivity index (χ2v) is 5.08. The molecule has 1 N–H and O–H groups in total. The standard InChI is InChI=1S/C14H16ClFN2O/c1-8-14(9(2)18(3)17-8)13(19)7-10-4-5-12(16)11(15)6-10/h4-6,13,19H,7H2,1-3H3. The molecule has 5 heteroatoms. The van der Waals surface area contributed by atoms with E-state index in [4.69, 9.17) is 11.6 Å². The van der Waals surface area contributed by atoms with Gasteiger partial charge in [-0.15, -0.1) is 0 Å². The fourth-order valence-electron chi connectivity index (χ4n) is 2.26. The Morgan fingerprint density at radius 1 is 1.42 bits per heavy atom. The first-order chi connectivity index (χ1) is 8.90. The number of hydrogen-bond acceptors (Lipinski definition) is 2. The largest absolute Gasteiger partial charge is 0.388 e. The molecule has 0 radical (unpaired) electrons. The Bertz CT molecular complexity index is 610. The van der Waals surface area contributed by atoms with Crippen LogP contribution in [0.25, 0.3) is 0 Å². The average Bonchev–Trinajstić information content (AvgIpc) is 2.58. The number of aryl methyl sites for hydroxylation is 2. The number of aliphatic hydroxyl groups excluding tert-OH is 1. The molecule has 0 fully saturated rings. The lowest BCUT2D eigenvalue weighted by atomic mass is 10.00. The van der Waals surface area contributed by atoms with Crippen molar-refractivity contribution in [2.75, 3.05) is 0 Å². The molecule has 1 aromatic heterocycles. The van der Waals surface area contributed by atoms with Gasteiger partial charge in [-0.25, -0.2) is 4.39 Å². The summed E-state index contributed by atoms with van der Waals surface area (Å²) in [7, 11) is 1.84. The summed E-state index contributed by atoms with van der Waals surface area (Å²) in [5, 5.41) is 14.7. The Morgan fingerprint density at radius 3 is 2.63 bits per heavy atom. The summed E-state index contributed by atoms with van der Waals surface area (Å²) >= 11 is 5.74. The molecule has 2 rings (SSSR count). The van der Waals surface area contributed by atoms with Gasteiger partial charge in [0.2, 0.25) is 0 Å². The van der Waals surface area contributed by atoms with E-state index in [1.165, 1.54) is 6.07 Å². The molecule has 2 aromatic rings. The van der Waals surface area contributed by atoms with Crippen molar-refractivity contribution in [3.8, 4) is 0 Å². The van der Waals surface area contributed by atoms with Crippen molar-refractivity contribution in [3.63, 3.8) is 0 Å². The molecule has 0 saturated carbocycles. The van der Waals surface area contributed by atoms with Crippen molar-refractivity contribution in [1.82, 2.24) is 9.78 Å². The number of rotatable bonds is 3. The zero-order chi connectivity index (χ0) is 14.2. The minimum absolute atomic E-state index is 0.0735. The predicted octanol–water partition coefficient (Wildman–Crippen LogP) is 3.11. The Hall–Kier alpha value is -1.39. The van der Waals surface area contributed by atoms with Crippen molar-refractivity contribution < 1.29 is 9.50 Å². The number of hydrogen-bond donors (Lipinski definition) is 1. The van der Waals surface area contributed by atoms with E-state index in [1.807, 2.05) is 20.9 Å². The maximum absolute atomic E-state index is 13.1. The summed E-state index contributed by atoms with van der Waals surface area (Å²) in [6, 6.07) is 4.49. The molecule has 0 bridgehead atoms. The first-order valence-corrected chi connectivity index (χ1v) is 6.40. The van der Waals surface area contributed by atoms with Gasteiger partial charge in [0.15, 0.2) is 0 Å². The number of halogens is 2. The van der Waals surface area contributed by atoms with E-state index in [9.17, 15) is 9.50 Å². The maximum atomic E-state index is 13.1. The Balaban J connectivity index is 2.25. The van der Waals surface area contributed by atoms with Crippen LogP contribution in [-0.2, 0) is 13.5 Å². The quantitative estimate of drug-likeness (QED) is 0.939. The summed E-state index contributed by atoms with van der Waals surface area (Å²) in [5.74, 6) is -0.450. The fraction of sp³-hybridized carbons (Fsp3) is 0.357. The average molecular weight is 283 g/mol. The monoisotopic (exact) mass is 282 g/mol. The van der Waals surface area contributed by atoms with E-state index in [0.29, 0.717) is 6.42 Å². The molecule has 3 nitrogen and oxygen atoms in total. The molecule has 0 spiro atoms. The lowest BCUT2D eigenvalue weighted by Gasteiger charge is -2.12. The van der Waals surface area contributed by atoms with Crippen molar-refractivity contribution in [3.05, 3.63) is 51.6 Å². The van der Waals surface area contributed by atoms with Gasteiger partial charge in [-0.2, -0.15) is 5.10 Å². The van der Waals surface area contributed by atoms with Crippen LogP contribution in [0.4, 0.5) is 4.39 Å². The highest BCUT2D eigenvalue weighted by Crippen LogP contribution is 2.26. The van der Waals surface area contributed by atoms with Gasteiger partial charge in [0, 0.05) is 24.7 Å². The van der Waals surface area contributed by atoms with Crippen molar-refractivity contribution in [2.45, 2.75) is 26.4 Å². The lowest BCUT2D eigenvalue weighted by Crippen LogP contribution is -2.05. The van der Waals surface area contributed by atoms with Crippen LogP contribution in [0.5, 0.6) is 0 Å². The molecule has 1 atom stereocenters. The van der Waals surface area contributed by atoms with Gasteiger partial charge in [-0.05, 0) is 31.5 Å². The van der Waals surface area contributed by atoms with Crippen LogP contribution in [0, 0.1) is 19.7 Å². The van der Waals surface area contributed by atoms with Gasteiger partial charge in [0.25, 0.3) is 0 Å². The highest BCUT2D eigenvalue weighted by Gasteiger charge is 2.18. The van der Waals surface area contributed by atoms with E-state index in [1.54, 1.807) is 16.8 Å². The fourth-order valence-corrected chi connectivity index (χ4v) is 2.47. The Morgan fingerprint density at radius 2 is 2.11 bits per heavy atom. The van der Waals surface area contributed by atoms with Crippen molar-refractivity contribution in [1.29, 1.82) is 0 Å². The highest BCUT2D eigenvalue weighted by atomic mass is 35.5. The zero-order valence-corrected chi connectivity index (χ0v) is 11.9. The number of aliphatic hydroxyl groups is 1. The number of aromatic nitrogens is 2. The topological polar surface area (TPSA) is 38.0 Å². The van der Waals surface area contributed by atoms with Crippen LogP contribution in [-0.4, -0.2) is 14.9 Å². The molecule has 0 amide bonds. The third kappa shape index (κ3) is 2.80. The van der Waals surface area contributed by atoms with Gasteiger partial charge in [0.05, 0.1) is 16.8 Å². The molecule has 0 aliphatic carbocycles. The summed E-state index contributed by atoms with van der Waals surface area (Å²) in [6.45, 7) is 3.78. The van der Waals surface area contributed by atoms with Gasteiger partial charge in [-0.1, -0.05) is 17.7 Å². The van der Waals surface area contributed by atoms with E-state index in [-0.39, 0.29) is 5.02 Å². The van der Waals surface area contributed by atoms with Crippen LogP contribution in [0.1, 0.15) is 28.6 Å². The van der Waals surface area contributed by atoms with Gasteiger partial charge in [0.1, 0.15) is 5.82 Å². The molecule has 0 aliphatic rings. The van der Waals surface area contributed by atoms with E-state index < -0.39 is 11.9 Å². The summed E-state index contributed by atoms with van der Waals surface area (Å²) in [6.07, 6.45) is -0.289. The second-order valence-electron chi connectivity index (χ2n) is 4.68. The molecule has 102 valence electrons. The van der Waals surface area contributed by atoms with Crippen LogP contribution < -0.4 is 0 Å². The Labute approximate surface area is 116 Å². The summed E-state index contributed by atoms with van der Waals surface area (Å²) in [5.41, 5.74) is 3.35. The third-order valence-corrected chi connectivity index (χ3v) is 3.60. The minimum Gasteiger partial charge on any atom is -0.388 e. The second kappa shape index (κ2) is 5.31. The number of benzene rings is 1. The first kappa shape index (κ1) is 14.0. The molecular weight excluding hydrogens is 267 g/mol. The molecule has 1 unspecified atom stereocenters. The molecule has 19 heavy (non-hydrogen) atoms. The normalized spacial score (nSPS) is 12.7. The molecule has 0 aliphatic heterocycles. The summed E-state index contributed by atoms with van der Waals surface area (Å²) < 4.78 is 14.8. The van der Waals surface area contributed by atoms with Gasteiger partial charge < -0.3 is 5.11 Å². The van der Waals surface area contributed by atoms with Crippen molar-refractivity contribution >= 4 is 11.6 Å². The third-order valence-electron chi connectivity index (χ3n) is 3.31. The first-order valence-electron chi connectivity index (χ1n) is 6.02. The minimum atomic E-state index is -0.671. The molecular formula is C14H16ClFN2O. The number of nitrogens with zero attached hydrogens (tertiary/aromatic N) is 2. The molecule has 0 saturated heterocycles. The van der Waals surface area contributed by atoms with Gasteiger partial charge >= 0.3 is 0 Å². The van der Waals surface area contributed by atoms with Crippen molar-refractivity contribution in [2.24, 2.45) is 7.05 Å². The highest BCUT2D eigenvalue weighted by molar-refractivity contribution is 6.30.